The largest absolute Gasteiger partial charge is 0.508 e. The first-order valence-electron chi connectivity index (χ1n) is 10.7. The molecule has 0 fully saturated rings. The van der Waals surface area contributed by atoms with Crippen molar-refractivity contribution in [3.63, 3.8) is 0 Å². The zero-order chi connectivity index (χ0) is 23.2. The molecule has 0 saturated carbocycles. The van der Waals surface area contributed by atoms with Gasteiger partial charge in [-0.05, 0) is 49.1 Å². The van der Waals surface area contributed by atoms with Crippen molar-refractivity contribution in [2.24, 2.45) is 0 Å². The number of phenolic OH excluding ortho intramolecular Hbond substituents is 1. The van der Waals surface area contributed by atoms with Gasteiger partial charge in [0.15, 0.2) is 5.13 Å². The molecule has 2 aromatic carbocycles. The summed E-state index contributed by atoms with van der Waals surface area (Å²) in [5.74, 6) is 0.182. The van der Waals surface area contributed by atoms with Gasteiger partial charge in [-0.3, -0.25) is 4.79 Å². The van der Waals surface area contributed by atoms with Gasteiger partial charge in [-0.15, -0.1) is 0 Å². The van der Waals surface area contributed by atoms with Crippen molar-refractivity contribution in [1.29, 1.82) is 0 Å². The van der Waals surface area contributed by atoms with Crippen LogP contribution in [0.1, 0.15) is 58.1 Å². The Bertz CT molecular complexity index is 1010. The van der Waals surface area contributed by atoms with E-state index in [4.69, 9.17) is 0 Å². The average molecular weight is 439 g/mol. The highest BCUT2D eigenvalue weighted by Gasteiger charge is 2.07. The fourth-order valence-corrected chi connectivity index (χ4v) is 3.63. The van der Waals surface area contributed by atoms with Gasteiger partial charge in [0.1, 0.15) is 5.75 Å². The van der Waals surface area contributed by atoms with Gasteiger partial charge in [-0.2, -0.15) is 0 Å². The van der Waals surface area contributed by atoms with Gasteiger partial charge in [0, 0.05) is 12.5 Å². The van der Waals surface area contributed by atoms with E-state index < -0.39 is 0 Å². The van der Waals surface area contributed by atoms with Crippen LogP contribution in [0.4, 0.5) is 5.13 Å². The van der Waals surface area contributed by atoms with Crippen molar-refractivity contribution in [2.45, 2.75) is 53.9 Å². The van der Waals surface area contributed by atoms with Crippen LogP contribution < -0.4 is 5.32 Å². The number of fused-ring (bicyclic) bond motifs is 1. The van der Waals surface area contributed by atoms with Crippen molar-refractivity contribution in [3.05, 3.63) is 72.3 Å². The fraction of sp³-hybridized carbons (Fsp3) is 0.308. The third-order valence-electron chi connectivity index (χ3n) is 4.36. The molecule has 1 aromatic heterocycles. The molecule has 0 aliphatic heterocycles. The number of carbonyl (C=O) groups excluding carboxylic acids is 1. The summed E-state index contributed by atoms with van der Waals surface area (Å²) in [7, 11) is 0. The number of thiazole rings is 1. The molecule has 3 aromatic rings. The zero-order valence-electron chi connectivity index (χ0n) is 19.2. The number of carbonyl (C=O) groups is 1. The molecule has 1 amide bonds. The summed E-state index contributed by atoms with van der Waals surface area (Å²) in [4.78, 5) is 15.8. The minimum absolute atomic E-state index is 0.00451. The number of amides is 1. The van der Waals surface area contributed by atoms with E-state index >= 15 is 0 Å². The van der Waals surface area contributed by atoms with Crippen LogP contribution in [0.5, 0.6) is 5.75 Å². The monoisotopic (exact) mass is 438 g/mol. The van der Waals surface area contributed by atoms with E-state index in [9.17, 15) is 9.90 Å². The van der Waals surface area contributed by atoms with E-state index in [0.717, 1.165) is 17.5 Å². The van der Waals surface area contributed by atoms with E-state index in [2.05, 4.69) is 54.1 Å². The van der Waals surface area contributed by atoms with Crippen LogP contribution in [-0.4, -0.2) is 16.0 Å². The number of rotatable bonds is 6. The molecule has 31 heavy (non-hydrogen) atoms. The summed E-state index contributed by atoms with van der Waals surface area (Å²) in [6, 6.07) is 13.3. The summed E-state index contributed by atoms with van der Waals surface area (Å²) in [6.07, 6.45) is 6.38. The van der Waals surface area contributed by atoms with Gasteiger partial charge in [0.05, 0.1) is 10.2 Å². The van der Waals surface area contributed by atoms with Crippen LogP contribution in [0.3, 0.4) is 0 Å². The standard InChI is InChI=1S/C12H14N2O2S.C12H14.C2H6/c1-2-3-4-11(16)14-12-13-9-7-8(15)5-6-10(9)17-12;1-4-11(5-2)12-9-7-6-8-10(12)3;1-2/h5-7,15H,2-4H2,1H3,(H,13,14,16);4-9H,1H2,2-3H3;1-2H3/b;11-5-;. The van der Waals surface area contributed by atoms with Gasteiger partial charge in [0.2, 0.25) is 5.91 Å². The number of benzene rings is 2. The molecular formula is C26H34N2O2S. The summed E-state index contributed by atoms with van der Waals surface area (Å²) < 4.78 is 0.952. The number of nitrogens with zero attached hydrogens (tertiary/aromatic N) is 1. The minimum Gasteiger partial charge on any atom is -0.508 e. The van der Waals surface area contributed by atoms with Gasteiger partial charge in [-0.1, -0.05) is 81.5 Å². The Balaban J connectivity index is 0.000000303. The Morgan fingerprint density at radius 3 is 2.55 bits per heavy atom. The maximum absolute atomic E-state index is 11.5. The molecule has 0 aliphatic rings. The lowest BCUT2D eigenvalue weighted by atomic mass is 10.0. The lowest BCUT2D eigenvalue weighted by Gasteiger charge is -2.04. The van der Waals surface area contributed by atoms with E-state index in [1.54, 1.807) is 18.2 Å². The van der Waals surface area contributed by atoms with Gasteiger partial charge in [-0.25, -0.2) is 4.98 Å². The molecule has 0 atom stereocenters. The van der Waals surface area contributed by atoms with Crippen molar-refractivity contribution in [3.8, 4) is 5.75 Å². The molecule has 166 valence electrons. The third kappa shape index (κ3) is 8.38. The Morgan fingerprint density at radius 1 is 1.23 bits per heavy atom. The van der Waals surface area contributed by atoms with Crippen molar-refractivity contribution in [1.82, 2.24) is 4.98 Å². The first-order chi connectivity index (χ1) is 15.0. The maximum atomic E-state index is 11.5. The Hall–Kier alpha value is -2.92. The van der Waals surface area contributed by atoms with Crippen LogP contribution >= 0.6 is 11.3 Å². The van der Waals surface area contributed by atoms with Crippen LogP contribution in [0.25, 0.3) is 15.8 Å². The molecule has 0 spiro atoms. The Morgan fingerprint density at radius 2 is 1.94 bits per heavy atom. The first kappa shape index (κ1) is 26.1. The normalized spacial score (nSPS) is 10.4. The second-order valence-electron chi connectivity index (χ2n) is 6.59. The van der Waals surface area contributed by atoms with Crippen molar-refractivity contribution >= 4 is 38.2 Å². The molecule has 0 radical (unpaired) electrons. The molecule has 4 nitrogen and oxygen atoms in total. The quantitative estimate of drug-likeness (QED) is 0.387. The van der Waals surface area contributed by atoms with Crippen LogP contribution in [0.2, 0.25) is 0 Å². The van der Waals surface area contributed by atoms with Crippen molar-refractivity contribution < 1.29 is 9.90 Å². The predicted molar refractivity (Wildman–Crippen MR) is 136 cm³/mol. The fourth-order valence-electron chi connectivity index (χ4n) is 2.77. The predicted octanol–water partition coefficient (Wildman–Crippen LogP) is 7.74. The smallest absolute Gasteiger partial charge is 0.226 e. The average Bonchev–Trinajstić information content (AvgIpc) is 3.17. The molecule has 1 heterocycles. The third-order valence-corrected chi connectivity index (χ3v) is 5.31. The van der Waals surface area contributed by atoms with Crippen LogP contribution in [0.15, 0.2) is 61.2 Å². The number of unbranched alkanes of at least 4 members (excludes halogenated alkanes) is 1. The topological polar surface area (TPSA) is 62.2 Å². The number of aromatic nitrogens is 1. The number of hydrogen-bond acceptors (Lipinski definition) is 4. The lowest BCUT2D eigenvalue weighted by Crippen LogP contribution is -2.10. The summed E-state index contributed by atoms with van der Waals surface area (Å²) in [6.45, 7) is 14.0. The SMILES string of the molecule is C=C/C(=C/C)c1ccccc1C.CC.CCCCC(=O)Nc1nc2cc(O)ccc2s1. The van der Waals surface area contributed by atoms with E-state index in [-0.39, 0.29) is 11.7 Å². The highest BCUT2D eigenvalue weighted by Crippen LogP contribution is 2.28. The lowest BCUT2D eigenvalue weighted by molar-refractivity contribution is -0.116. The highest BCUT2D eigenvalue weighted by atomic mass is 32.1. The molecular weight excluding hydrogens is 404 g/mol. The molecule has 0 unspecified atom stereocenters. The molecule has 0 aliphatic carbocycles. The Kier molecular flexibility index (Phi) is 11.9. The molecule has 3 rings (SSSR count). The number of hydrogen-bond donors (Lipinski definition) is 2. The molecule has 5 heteroatoms. The molecule has 0 bridgehead atoms. The first-order valence-corrected chi connectivity index (χ1v) is 11.5. The van der Waals surface area contributed by atoms with Gasteiger partial charge in [0.25, 0.3) is 0 Å². The summed E-state index contributed by atoms with van der Waals surface area (Å²) >= 11 is 1.41. The number of nitrogens with one attached hydrogen (secondary N) is 1. The number of allylic oxidation sites excluding steroid dienone is 3. The minimum atomic E-state index is -0.00451. The molecule has 0 saturated heterocycles. The van der Waals surface area contributed by atoms with Gasteiger partial charge >= 0.3 is 0 Å². The van der Waals surface area contributed by atoms with E-state index in [1.165, 1.54) is 28.0 Å². The van der Waals surface area contributed by atoms with E-state index in [1.807, 2.05) is 33.8 Å². The van der Waals surface area contributed by atoms with Crippen LogP contribution in [0, 0.1) is 6.92 Å². The maximum Gasteiger partial charge on any atom is 0.226 e. The number of aromatic hydroxyl groups is 1. The molecule has 2 N–H and O–H groups in total. The second-order valence-corrected chi connectivity index (χ2v) is 7.62. The highest BCUT2D eigenvalue weighted by molar-refractivity contribution is 7.22. The zero-order valence-corrected chi connectivity index (χ0v) is 20.1. The number of phenols is 1. The second kappa shape index (κ2) is 14.1. The van der Waals surface area contributed by atoms with Crippen molar-refractivity contribution in [2.75, 3.05) is 5.32 Å². The summed E-state index contributed by atoms with van der Waals surface area (Å²) in [5.41, 5.74) is 4.48. The number of anilines is 1. The number of aryl methyl sites for hydroxylation is 1. The van der Waals surface area contributed by atoms with E-state index in [0.29, 0.717) is 17.1 Å². The van der Waals surface area contributed by atoms with Crippen LogP contribution in [-0.2, 0) is 4.79 Å². The Labute approximate surface area is 190 Å². The summed E-state index contributed by atoms with van der Waals surface area (Å²) in [5, 5.41) is 12.7. The van der Waals surface area contributed by atoms with Gasteiger partial charge < -0.3 is 10.4 Å².